The van der Waals surface area contributed by atoms with Crippen LogP contribution < -0.4 is 10.1 Å². The number of nitrogens with one attached hydrogen (secondary N) is 1. The number of hydrogen-bond donors (Lipinski definition) is 1. The van der Waals surface area contributed by atoms with E-state index in [1.54, 1.807) is 0 Å². The molecule has 19 heavy (non-hydrogen) atoms. The molecule has 100 valence electrons. The van der Waals surface area contributed by atoms with E-state index >= 15 is 0 Å². The average molecular weight is 259 g/mol. The first kappa shape index (κ1) is 13.6. The maximum atomic E-state index is 12.7. The first-order chi connectivity index (χ1) is 9.34. The van der Waals surface area contributed by atoms with Gasteiger partial charge in [0.25, 0.3) is 0 Å². The number of hydrogen-bond acceptors (Lipinski definition) is 2. The zero-order chi connectivity index (χ0) is 13.3. The van der Waals surface area contributed by atoms with Gasteiger partial charge in [0.2, 0.25) is 0 Å². The van der Waals surface area contributed by atoms with E-state index in [2.05, 4.69) is 5.32 Å². The summed E-state index contributed by atoms with van der Waals surface area (Å²) in [6.07, 6.45) is 0.894. The van der Waals surface area contributed by atoms with Gasteiger partial charge in [-0.2, -0.15) is 0 Å². The molecule has 0 aliphatic rings. The van der Waals surface area contributed by atoms with Gasteiger partial charge in [0.1, 0.15) is 18.2 Å². The highest BCUT2D eigenvalue weighted by Crippen LogP contribution is 2.07. The molecule has 0 bridgehead atoms. The minimum Gasteiger partial charge on any atom is -0.492 e. The van der Waals surface area contributed by atoms with Crippen molar-refractivity contribution in [3.8, 4) is 5.75 Å². The second-order valence-corrected chi connectivity index (χ2v) is 4.29. The van der Waals surface area contributed by atoms with Crippen LogP contribution in [0.5, 0.6) is 5.75 Å². The minimum absolute atomic E-state index is 0.187. The van der Waals surface area contributed by atoms with E-state index in [-0.39, 0.29) is 5.82 Å². The van der Waals surface area contributed by atoms with E-state index in [1.807, 2.05) is 42.5 Å². The number of halogens is 1. The third-order valence-corrected chi connectivity index (χ3v) is 2.79. The Balaban J connectivity index is 1.56. The van der Waals surface area contributed by atoms with E-state index in [1.165, 1.54) is 12.1 Å². The van der Waals surface area contributed by atoms with Crippen molar-refractivity contribution >= 4 is 0 Å². The molecule has 0 saturated heterocycles. The molecule has 3 heteroatoms. The van der Waals surface area contributed by atoms with Gasteiger partial charge >= 0.3 is 0 Å². The fraction of sp³-hybridized carbons (Fsp3) is 0.250. The van der Waals surface area contributed by atoms with Crippen molar-refractivity contribution < 1.29 is 9.13 Å². The fourth-order valence-corrected chi connectivity index (χ4v) is 1.77. The van der Waals surface area contributed by atoms with Gasteiger partial charge < -0.3 is 10.1 Å². The monoisotopic (exact) mass is 259 g/mol. The normalized spacial score (nSPS) is 10.4. The molecule has 2 nitrogen and oxygen atoms in total. The molecule has 2 aromatic carbocycles. The lowest BCUT2D eigenvalue weighted by molar-refractivity contribution is 0.314. The van der Waals surface area contributed by atoms with Crippen molar-refractivity contribution in [1.29, 1.82) is 0 Å². The summed E-state index contributed by atoms with van der Waals surface area (Å²) in [5.74, 6) is 0.704. The van der Waals surface area contributed by atoms with Crippen LogP contribution in [0.2, 0.25) is 0 Å². The molecular weight excluding hydrogens is 241 g/mol. The predicted molar refractivity (Wildman–Crippen MR) is 74.9 cm³/mol. The summed E-state index contributed by atoms with van der Waals surface area (Å²) >= 11 is 0. The largest absolute Gasteiger partial charge is 0.492 e. The van der Waals surface area contributed by atoms with Gasteiger partial charge in [-0.25, -0.2) is 4.39 Å². The molecule has 0 saturated carbocycles. The smallest absolute Gasteiger partial charge is 0.123 e. The van der Waals surface area contributed by atoms with E-state index in [9.17, 15) is 4.39 Å². The lowest BCUT2D eigenvalue weighted by Gasteiger charge is -2.07. The van der Waals surface area contributed by atoms with Crippen LogP contribution in [0.4, 0.5) is 4.39 Å². The van der Waals surface area contributed by atoms with Gasteiger partial charge in [-0.1, -0.05) is 30.3 Å². The summed E-state index contributed by atoms with van der Waals surface area (Å²) in [6, 6.07) is 16.4. The summed E-state index contributed by atoms with van der Waals surface area (Å²) in [5.41, 5.74) is 1.14. The molecule has 0 fully saturated rings. The van der Waals surface area contributed by atoms with Gasteiger partial charge in [-0.05, 0) is 42.8 Å². The maximum Gasteiger partial charge on any atom is 0.123 e. The molecule has 0 aliphatic carbocycles. The van der Waals surface area contributed by atoms with Crippen LogP contribution in [-0.4, -0.2) is 19.7 Å². The third kappa shape index (κ3) is 5.10. The predicted octanol–water partition coefficient (Wildman–Crippen LogP) is 3.04. The molecule has 0 amide bonds. The lowest BCUT2D eigenvalue weighted by Crippen LogP contribution is -2.23. The topological polar surface area (TPSA) is 21.3 Å². The standard InChI is InChI=1S/C16H18FNO/c17-15-8-6-14(7-9-15)10-11-18-12-13-19-16-4-2-1-3-5-16/h1-9,18H,10-13H2. The number of para-hydroxylation sites is 1. The van der Waals surface area contributed by atoms with Crippen molar-refractivity contribution in [2.45, 2.75) is 6.42 Å². The Kier molecular flexibility index (Phi) is 5.38. The van der Waals surface area contributed by atoms with Crippen LogP contribution in [-0.2, 0) is 6.42 Å². The van der Waals surface area contributed by atoms with Gasteiger partial charge in [0.05, 0.1) is 0 Å². The number of ether oxygens (including phenoxy) is 1. The van der Waals surface area contributed by atoms with Crippen LogP contribution in [0.3, 0.4) is 0 Å². The highest BCUT2D eigenvalue weighted by Gasteiger charge is 1.95. The highest BCUT2D eigenvalue weighted by atomic mass is 19.1. The molecule has 0 aromatic heterocycles. The molecule has 0 spiro atoms. The summed E-state index contributed by atoms with van der Waals surface area (Å²) in [6.45, 7) is 2.31. The molecular formula is C16H18FNO. The first-order valence-electron chi connectivity index (χ1n) is 6.47. The Bertz CT molecular complexity index is 470. The van der Waals surface area contributed by atoms with Crippen molar-refractivity contribution in [2.24, 2.45) is 0 Å². The highest BCUT2D eigenvalue weighted by molar-refractivity contribution is 5.20. The van der Waals surface area contributed by atoms with Crippen molar-refractivity contribution in [3.63, 3.8) is 0 Å². The molecule has 0 aliphatic heterocycles. The van der Waals surface area contributed by atoms with E-state index in [0.717, 1.165) is 30.8 Å². The molecule has 0 unspecified atom stereocenters. The fourth-order valence-electron chi connectivity index (χ4n) is 1.77. The van der Waals surface area contributed by atoms with Gasteiger partial charge in [0.15, 0.2) is 0 Å². The summed E-state index contributed by atoms with van der Waals surface area (Å²) < 4.78 is 18.3. The Labute approximate surface area is 113 Å². The van der Waals surface area contributed by atoms with E-state index in [0.29, 0.717) is 6.61 Å². The van der Waals surface area contributed by atoms with Crippen molar-refractivity contribution in [2.75, 3.05) is 19.7 Å². The lowest BCUT2D eigenvalue weighted by atomic mass is 10.1. The van der Waals surface area contributed by atoms with Gasteiger partial charge in [0, 0.05) is 6.54 Å². The van der Waals surface area contributed by atoms with Crippen LogP contribution in [0.1, 0.15) is 5.56 Å². The Hall–Kier alpha value is -1.87. The Morgan fingerprint density at radius 3 is 2.37 bits per heavy atom. The van der Waals surface area contributed by atoms with Crippen LogP contribution in [0.25, 0.3) is 0 Å². The summed E-state index contributed by atoms with van der Waals surface area (Å²) in [5, 5.41) is 3.30. The Morgan fingerprint density at radius 1 is 0.895 bits per heavy atom. The average Bonchev–Trinajstić information content (AvgIpc) is 2.46. The summed E-state index contributed by atoms with van der Waals surface area (Å²) in [4.78, 5) is 0. The zero-order valence-electron chi connectivity index (χ0n) is 10.8. The molecule has 0 atom stereocenters. The molecule has 1 N–H and O–H groups in total. The molecule has 0 heterocycles. The maximum absolute atomic E-state index is 12.7. The second-order valence-electron chi connectivity index (χ2n) is 4.29. The quantitative estimate of drug-likeness (QED) is 0.772. The van der Waals surface area contributed by atoms with Crippen LogP contribution >= 0.6 is 0 Å². The van der Waals surface area contributed by atoms with E-state index < -0.39 is 0 Å². The zero-order valence-corrected chi connectivity index (χ0v) is 10.8. The third-order valence-electron chi connectivity index (χ3n) is 2.79. The van der Waals surface area contributed by atoms with Gasteiger partial charge in [-0.15, -0.1) is 0 Å². The summed E-state index contributed by atoms with van der Waals surface area (Å²) in [7, 11) is 0. The van der Waals surface area contributed by atoms with Crippen molar-refractivity contribution in [3.05, 3.63) is 66.0 Å². The molecule has 0 radical (unpaired) electrons. The van der Waals surface area contributed by atoms with Crippen molar-refractivity contribution in [1.82, 2.24) is 5.32 Å². The molecule has 2 rings (SSSR count). The first-order valence-corrected chi connectivity index (χ1v) is 6.47. The van der Waals surface area contributed by atoms with Gasteiger partial charge in [-0.3, -0.25) is 0 Å². The SMILES string of the molecule is Fc1ccc(CCNCCOc2ccccc2)cc1. The minimum atomic E-state index is -0.187. The van der Waals surface area contributed by atoms with Crippen LogP contribution in [0, 0.1) is 5.82 Å². The second kappa shape index (κ2) is 7.54. The van der Waals surface area contributed by atoms with Crippen LogP contribution in [0.15, 0.2) is 54.6 Å². The number of rotatable bonds is 7. The number of benzene rings is 2. The Morgan fingerprint density at radius 2 is 1.63 bits per heavy atom. The molecule has 2 aromatic rings. The van der Waals surface area contributed by atoms with E-state index in [4.69, 9.17) is 4.74 Å².